The van der Waals surface area contributed by atoms with Gasteiger partial charge in [0.2, 0.25) is 0 Å². The summed E-state index contributed by atoms with van der Waals surface area (Å²) in [7, 11) is 3.21. The van der Waals surface area contributed by atoms with Crippen LogP contribution in [0.1, 0.15) is 17.3 Å². The van der Waals surface area contributed by atoms with Crippen molar-refractivity contribution in [2.24, 2.45) is 5.84 Å². The van der Waals surface area contributed by atoms with Gasteiger partial charge in [0.1, 0.15) is 0 Å². The molecule has 1 atom stereocenters. The Morgan fingerprint density at radius 3 is 2.45 bits per heavy atom. The van der Waals surface area contributed by atoms with E-state index in [9.17, 15) is 0 Å². The van der Waals surface area contributed by atoms with Crippen LogP contribution in [0.4, 0.5) is 0 Å². The fourth-order valence-corrected chi connectivity index (χ4v) is 2.18. The van der Waals surface area contributed by atoms with E-state index < -0.39 is 0 Å². The van der Waals surface area contributed by atoms with Gasteiger partial charge >= 0.3 is 0 Å². The summed E-state index contributed by atoms with van der Waals surface area (Å²) in [6.07, 6.45) is 1.74. The lowest BCUT2D eigenvalue weighted by atomic mass is 10.0. The second-order valence-corrected chi connectivity index (χ2v) is 5.03. The maximum Gasteiger partial charge on any atom is 0.161 e. The van der Waals surface area contributed by atoms with E-state index in [1.54, 1.807) is 20.4 Å². The molecule has 0 aliphatic carbocycles. The zero-order chi connectivity index (χ0) is 14.5. The van der Waals surface area contributed by atoms with Crippen molar-refractivity contribution in [2.45, 2.75) is 6.04 Å². The number of nitrogens with zero attached hydrogens (tertiary/aromatic N) is 1. The zero-order valence-corrected chi connectivity index (χ0v) is 12.8. The Bertz CT molecular complexity index is 575. The first-order chi connectivity index (χ1) is 9.69. The van der Waals surface area contributed by atoms with Crippen LogP contribution in [-0.2, 0) is 0 Å². The van der Waals surface area contributed by atoms with E-state index >= 15 is 0 Å². The molecule has 6 heteroatoms. The molecule has 0 radical (unpaired) electrons. The average molecular weight is 338 g/mol. The minimum Gasteiger partial charge on any atom is -0.493 e. The van der Waals surface area contributed by atoms with Crippen molar-refractivity contribution in [3.63, 3.8) is 0 Å². The molecule has 0 amide bonds. The maximum absolute atomic E-state index is 5.66. The van der Waals surface area contributed by atoms with Crippen molar-refractivity contribution in [2.75, 3.05) is 14.2 Å². The third-order valence-corrected chi connectivity index (χ3v) is 3.42. The zero-order valence-electron chi connectivity index (χ0n) is 11.3. The van der Waals surface area contributed by atoms with Crippen molar-refractivity contribution in [3.8, 4) is 11.5 Å². The normalized spacial score (nSPS) is 12.0. The fourth-order valence-electron chi connectivity index (χ4n) is 1.94. The summed E-state index contributed by atoms with van der Waals surface area (Å²) in [5.41, 5.74) is 4.54. The summed E-state index contributed by atoms with van der Waals surface area (Å²) in [6.45, 7) is 0. The molecule has 0 saturated heterocycles. The number of hydrazine groups is 1. The molecule has 1 aromatic heterocycles. The van der Waals surface area contributed by atoms with Gasteiger partial charge in [-0.25, -0.2) is 5.43 Å². The van der Waals surface area contributed by atoms with Gasteiger partial charge in [-0.2, -0.15) is 0 Å². The molecule has 0 aliphatic rings. The van der Waals surface area contributed by atoms with Crippen molar-refractivity contribution in [1.29, 1.82) is 0 Å². The number of nitrogens with one attached hydrogen (secondary N) is 1. The number of rotatable bonds is 5. The van der Waals surface area contributed by atoms with Gasteiger partial charge in [-0.3, -0.25) is 10.8 Å². The Balaban J connectivity index is 2.39. The largest absolute Gasteiger partial charge is 0.493 e. The number of aromatic nitrogens is 1. The van der Waals surface area contributed by atoms with E-state index in [0.717, 1.165) is 15.7 Å². The summed E-state index contributed by atoms with van der Waals surface area (Å²) in [5, 5.41) is 0. The van der Waals surface area contributed by atoms with Crippen molar-refractivity contribution in [3.05, 3.63) is 52.3 Å². The highest BCUT2D eigenvalue weighted by molar-refractivity contribution is 9.10. The fraction of sp³-hybridized carbons (Fsp3) is 0.214. The van der Waals surface area contributed by atoms with E-state index in [1.807, 2.05) is 30.3 Å². The van der Waals surface area contributed by atoms with Gasteiger partial charge in [0.25, 0.3) is 0 Å². The van der Waals surface area contributed by atoms with E-state index in [0.29, 0.717) is 11.5 Å². The number of pyridine rings is 1. The lowest BCUT2D eigenvalue weighted by molar-refractivity contribution is 0.354. The van der Waals surface area contributed by atoms with Gasteiger partial charge in [-0.05, 0) is 45.8 Å². The number of hydrogen-bond acceptors (Lipinski definition) is 5. The van der Waals surface area contributed by atoms with Gasteiger partial charge in [0, 0.05) is 10.7 Å². The molecule has 1 heterocycles. The summed E-state index contributed by atoms with van der Waals surface area (Å²) < 4.78 is 11.5. The molecule has 0 fully saturated rings. The van der Waals surface area contributed by atoms with Crippen LogP contribution in [0.2, 0.25) is 0 Å². The van der Waals surface area contributed by atoms with Crippen LogP contribution < -0.4 is 20.7 Å². The van der Waals surface area contributed by atoms with Crippen molar-refractivity contribution in [1.82, 2.24) is 10.4 Å². The van der Waals surface area contributed by atoms with Crippen LogP contribution in [0.15, 0.2) is 41.0 Å². The van der Waals surface area contributed by atoms with Crippen LogP contribution >= 0.6 is 15.9 Å². The molecular formula is C14H16BrN3O2. The molecule has 1 aromatic carbocycles. The molecule has 0 spiro atoms. The molecule has 0 saturated carbocycles. The second-order valence-electron chi connectivity index (χ2n) is 4.12. The second kappa shape index (κ2) is 6.69. The molecule has 5 nitrogen and oxygen atoms in total. The molecule has 20 heavy (non-hydrogen) atoms. The Kier molecular flexibility index (Phi) is 4.94. The van der Waals surface area contributed by atoms with Gasteiger partial charge in [0.05, 0.1) is 26.0 Å². The van der Waals surface area contributed by atoms with Gasteiger partial charge < -0.3 is 9.47 Å². The van der Waals surface area contributed by atoms with Crippen molar-refractivity contribution >= 4 is 15.9 Å². The molecule has 3 N–H and O–H groups in total. The van der Waals surface area contributed by atoms with Gasteiger partial charge in [-0.1, -0.05) is 6.07 Å². The van der Waals surface area contributed by atoms with Gasteiger partial charge in [-0.15, -0.1) is 0 Å². The number of ether oxygens (including phenoxy) is 2. The van der Waals surface area contributed by atoms with E-state index in [4.69, 9.17) is 15.3 Å². The van der Waals surface area contributed by atoms with Crippen molar-refractivity contribution < 1.29 is 9.47 Å². The first kappa shape index (κ1) is 14.8. The summed E-state index contributed by atoms with van der Waals surface area (Å²) in [5.74, 6) is 6.99. The van der Waals surface area contributed by atoms with Gasteiger partial charge in [0.15, 0.2) is 11.5 Å². The van der Waals surface area contributed by atoms with Crippen LogP contribution in [0.3, 0.4) is 0 Å². The third-order valence-electron chi connectivity index (χ3n) is 2.95. The SMILES string of the molecule is COc1ccc(C(NN)c2ccc(Br)cn2)cc1OC. The first-order valence-corrected chi connectivity index (χ1v) is 6.78. The summed E-state index contributed by atoms with van der Waals surface area (Å²) >= 11 is 3.36. The Labute approximate surface area is 126 Å². The molecule has 1 unspecified atom stereocenters. The lowest BCUT2D eigenvalue weighted by Crippen LogP contribution is -2.29. The number of benzene rings is 1. The number of nitrogens with two attached hydrogens (primary N) is 1. The predicted molar refractivity (Wildman–Crippen MR) is 80.6 cm³/mol. The number of hydrogen-bond donors (Lipinski definition) is 2. The Morgan fingerprint density at radius 2 is 1.90 bits per heavy atom. The highest BCUT2D eigenvalue weighted by Crippen LogP contribution is 2.31. The van der Waals surface area contributed by atoms with Crippen LogP contribution in [0, 0.1) is 0 Å². The van der Waals surface area contributed by atoms with Crippen LogP contribution in [-0.4, -0.2) is 19.2 Å². The quantitative estimate of drug-likeness (QED) is 0.647. The standard InChI is InChI=1S/C14H16BrN3O2/c1-19-12-6-3-9(7-13(12)20-2)14(18-16)11-5-4-10(15)8-17-11/h3-8,14,18H,16H2,1-2H3. The summed E-state index contributed by atoms with van der Waals surface area (Å²) in [6, 6.07) is 9.27. The number of halogens is 1. The smallest absolute Gasteiger partial charge is 0.161 e. The lowest BCUT2D eigenvalue weighted by Gasteiger charge is -2.17. The van der Waals surface area contributed by atoms with E-state index in [-0.39, 0.29) is 6.04 Å². The molecule has 0 bridgehead atoms. The van der Waals surface area contributed by atoms with E-state index in [2.05, 4.69) is 26.3 Å². The minimum absolute atomic E-state index is 0.220. The molecular weight excluding hydrogens is 322 g/mol. The highest BCUT2D eigenvalue weighted by Gasteiger charge is 2.16. The summed E-state index contributed by atoms with van der Waals surface area (Å²) in [4.78, 5) is 4.36. The molecule has 2 aromatic rings. The minimum atomic E-state index is -0.220. The first-order valence-electron chi connectivity index (χ1n) is 5.99. The van der Waals surface area contributed by atoms with E-state index in [1.165, 1.54) is 0 Å². The third kappa shape index (κ3) is 3.09. The highest BCUT2D eigenvalue weighted by atomic mass is 79.9. The van der Waals surface area contributed by atoms with Crippen LogP contribution in [0.25, 0.3) is 0 Å². The maximum atomic E-state index is 5.66. The molecule has 106 valence electrons. The number of methoxy groups -OCH3 is 2. The molecule has 2 rings (SSSR count). The topological polar surface area (TPSA) is 69.4 Å². The Morgan fingerprint density at radius 1 is 1.15 bits per heavy atom. The molecule has 0 aliphatic heterocycles. The predicted octanol–water partition coefficient (Wildman–Crippen LogP) is 2.41. The van der Waals surface area contributed by atoms with Crippen LogP contribution in [0.5, 0.6) is 11.5 Å². The Hall–Kier alpha value is -1.63. The monoisotopic (exact) mass is 337 g/mol. The average Bonchev–Trinajstić information content (AvgIpc) is 2.49.